The number of rotatable bonds is 5. The van der Waals surface area contributed by atoms with Crippen molar-refractivity contribution >= 4 is 22.5 Å². The molecule has 1 N–H and O–H groups in total. The molecule has 5 nitrogen and oxygen atoms in total. The van der Waals surface area contributed by atoms with Crippen LogP contribution >= 0.6 is 0 Å². The number of para-hydroxylation sites is 1. The van der Waals surface area contributed by atoms with Crippen LogP contribution in [-0.2, 0) is 6.54 Å². The lowest BCUT2D eigenvalue weighted by Crippen LogP contribution is -2.31. The Labute approximate surface area is 154 Å². The lowest BCUT2D eigenvalue weighted by atomic mass is 10.1. The molecule has 1 saturated heterocycles. The molecule has 0 bridgehead atoms. The van der Waals surface area contributed by atoms with Crippen LogP contribution in [0.4, 0.5) is 11.5 Å². The van der Waals surface area contributed by atoms with E-state index in [1.54, 1.807) is 0 Å². The average Bonchev–Trinajstić information content (AvgIpc) is 3.25. The van der Waals surface area contributed by atoms with E-state index in [9.17, 15) is 0 Å². The predicted molar refractivity (Wildman–Crippen MR) is 107 cm³/mol. The summed E-state index contributed by atoms with van der Waals surface area (Å²) in [4.78, 5) is 9.32. The quantitative estimate of drug-likeness (QED) is 0.756. The number of nitrogens with one attached hydrogen (secondary N) is 1. The average molecular weight is 350 g/mol. The van der Waals surface area contributed by atoms with E-state index in [2.05, 4.69) is 52.4 Å². The van der Waals surface area contributed by atoms with Crippen LogP contribution in [0.2, 0.25) is 0 Å². The number of anilines is 2. The van der Waals surface area contributed by atoms with E-state index >= 15 is 0 Å². The number of benzene rings is 1. The maximum Gasteiger partial charge on any atom is 0.134 e. The van der Waals surface area contributed by atoms with E-state index in [0.29, 0.717) is 12.6 Å². The minimum absolute atomic E-state index is 0.630. The number of hydrogen-bond acceptors (Lipinski definition) is 5. The molecule has 0 aliphatic carbocycles. The molecule has 3 aromatic rings. The molecule has 26 heavy (non-hydrogen) atoms. The zero-order valence-corrected chi connectivity index (χ0v) is 15.7. The summed E-state index contributed by atoms with van der Waals surface area (Å²) in [6.07, 6.45) is 3.18. The molecular weight excluding hydrogens is 324 g/mol. The molecule has 1 aromatic carbocycles. The SMILES string of the molecule is Cc1oc2ccccc2c1CNc1ccc(N2CCC(N(C)C)C2)cn1. The van der Waals surface area contributed by atoms with Crippen LogP contribution in [0.25, 0.3) is 11.0 Å². The zero-order valence-electron chi connectivity index (χ0n) is 15.7. The summed E-state index contributed by atoms with van der Waals surface area (Å²) in [7, 11) is 4.31. The van der Waals surface area contributed by atoms with Crippen LogP contribution < -0.4 is 10.2 Å². The van der Waals surface area contributed by atoms with Crippen molar-refractivity contribution in [2.45, 2.75) is 25.9 Å². The Morgan fingerprint density at radius 1 is 1.23 bits per heavy atom. The number of nitrogens with zero attached hydrogens (tertiary/aromatic N) is 3. The molecule has 136 valence electrons. The number of fused-ring (bicyclic) bond motifs is 1. The third kappa shape index (κ3) is 3.27. The maximum atomic E-state index is 5.83. The van der Waals surface area contributed by atoms with Crippen molar-refractivity contribution in [1.29, 1.82) is 0 Å². The molecule has 1 fully saturated rings. The topological polar surface area (TPSA) is 44.5 Å². The molecule has 0 saturated carbocycles. The summed E-state index contributed by atoms with van der Waals surface area (Å²) >= 11 is 0. The fourth-order valence-electron chi connectivity index (χ4n) is 3.70. The second-order valence-corrected chi connectivity index (χ2v) is 7.24. The van der Waals surface area contributed by atoms with Crippen molar-refractivity contribution in [3.63, 3.8) is 0 Å². The van der Waals surface area contributed by atoms with Gasteiger partial charge >= 0.3 is 0 Å². The van der Waals surface area contributed by atoms with Crippen LogP contribution in [0.5, 0.6) is 0 Å². The number of aromatic nitrogens is 1. The minimum atomic E-state index is 0.630. The smallest absolute Gasteiger partial charge is 0.134 e. The Morgan fingerprint density at radius 3 is 2.81 bits per heavy atom. The van der Waals surface area contributed by atoms with Gasteiger partial charge in [0.2, 0.25) is 0 Å². The van der Waals surface area contributed by atoms with Gasteiger partial charge in [-0.05, 0) is 45.6 Å². The first-order valence-corrected chi connectivity index (χ1v) is 9.20. The molecule has 0 spiro atoms. The first-order chi connectivity index (χ1) is 12.6. The lowest BCUT2D eigenvalue weighted by Gasteiger charge is -2.21. The van der Waals surface area contributed by atoms with Crippen molar-refractivity contribution in [3.05, 3.63) is 53.9 Å². The van der Waals surface area contributed by atoms with Crippen molar-refractivity contribution in [2.24, 2.45) is 0 Å². The highest BCUT2D eigenvalue weighted by Crippen LogP contribution is 2.26. The number of likely N-dealkylation sites (N-methyl/N-ethyl adjacent to an activating group) is 1. The Morgan fingerprint density at radius 2 is 2.08 bits per heavy atom. The lowest BCUT2D eigenvalue weighted by molar-refractivity contribution is 0.315. The molecular formula is C21H26N4O. The van der Waals surface area contributed by atoms with Gasteiger partial charge < -0.3 is 19.5 Å². The first-order valence-electron chi connectivity index (χ1n) is 9.20. The summed E-state index contributed by atoms with van der Waals surface area (Å²) in [5.41, 5.74) is 3.33. The summed E-state index contributed by atoms with van der Waals surface area (Å²) in [6.45, 7) is 4.89. The van der Waals surface area contributed by atoms with Gasteiger partial charge in [0.05, 0.1) is 11.9 Å². The van der Waals surface area contributed by atoms with Gasteiger partial charge in [-0.25, -0.2) is 4.98 Å². The molecule has 2 aromatic heterocycles. The summed E-state index contributed by atoms with van der Waals surface area (Å²) in [5.74, 6) is 1.85. The van der Waals surface area contributed by atoms with Gasteiger partial charge in [-0.1, -0.05) is 18.2 Å². The molecule has 0 amide bonds. The Bertz CT molecular complexity index is 885. The van der Waals surface area contributed by atoms with Gasteiger partial charge in [-0.15, -0.1) is 0 Å². The third-order valence-electron chi connectivity index (χ3n) is 5.35. The van der Waals surface area contributed by atoms with E-state index in [-0.39, 0.29) is 0 Å². The number of pyridine rings is 1. The number of furan rings is 1. The van der Waals surface area contributed by atoms with E-state index in [0.717, 1.165) is 30.3 Å². The summed E-state index contributed by atoms with van der Waals surface area (Å²) < 4.78 is 5.83. The van der Waals surface area contributed by atoms with Crippen LogP contribution in [-0.4, -0.2) is 43.1 Å². The summed E-state index contributed by atoms with van der Waals surface area (Å²) in [5, 5.41) is 4.59. The fourth-order valence-corrected chi connectivity index (χ4v) is 3.70. The molecule has 1 aliphatic heterocycles. The molecule has 1 unspecified atom stereocenters. The highest BCUT2D eigenvalue weighted by molar-refractivity contribution is 5.82. The van der Waals surface area contributed by atoms with Crippen molar-refractivity contribution in [2.75, 3.05) is 37.4 Å². The number of aryl methyl sites for hydroxylation is 1. The van der Waals surface area contributed by atoms with E-state index < -0.39 is 0 Å². The Balaban J connectivity index is 1.42. The monoisotopic (exact) mass is 350 g/mol. The van der Waals surface area contributed by atoms with Gasteiger partial charge in [0.15, 0.2) is 0 Å². The summed E-state index contributed by atoms with van der Waals surface area (Å²) in [6, 6.07) is 13.0. The van der Waals surface area contributed by atoms with Crippen molar-refractivity contribution in [1.82, 2.24) is 9.88 Å². The van der Waals surface area contributed by atoms with E-state index in [1.807, 2.05) is 31.3 Å². The minimum Gasteiger partial charge on any atom is -0.461 e. The van der Waals surface area contributed by atoms with Crippen LogP contribution in [0.1, 0.15) is 17.7 Å². The number of hydrogen-bond donors (Lipinski definition) is 1. The predicted octanol–water partition coefficient (Wildman–Crippen LogP) is 3.89. The van der Waals surface area contributed by atoms with Crippen molar-refractivity contribution < 1.29 is 4.42 Å². The molecule has 3 heterocycles. The third-order valence-corrected chi connectivity index (χ3v) is 5.35. The Kier molecular flexibility index (Phi) is 4.55. The van der Waals surface area contributed by atoms with Gasteiger partial charge in [-0.3, -0.25) is 0 Å². The van der Waals surface area contributed by atoms with Crippen LogP contribution in [0, 0.1) is 6.92 Å². The standard InChI is InChI=1S/C21H26N4O/c1-15-19(18-6-4-5-7-20(18)26-15)13-23-21-9-8-16(12-22-21)25-11-10-17(14-25)24(2)3/h4-9,12,17H,10-11,13-14H2,1-3H3,(H,22,23). The first kappa shape index (κ1) is 16.9. The second kappa shape index (κ2) is 7.00. The highest BCUT2D eigenvalue weighted by Gasteiger charge is 2.24. The highest BCUT2D eigenvalue weighted by atomic mass is 16.3. The zero-order chi connectivity index (χ0) is 18.1. The second-order valence-electron chi connectivity index (χ2n) is 7.24. The maximum absolute atomic E-state index is 5.83. The van der Waals surface area contributed by atoms with Crippen LogP contribution in [0.15, 0.2) is 47.0 Å². The molecule has 1 atom stereocenters. The van der Waals surface area contributed by atoms with Gasteiger partial charge in [0.25, 0.3) is 0 Å². The van der Waals surface area contributed by atoms with Crippen LogP contribution in [0.3, 0.4) is 0 Å². The molecule has 5 heteroatoms. The molecule has 1 aliphatic rings. The Hall–Kier alpha value is -2.53. The van der Waals surface area contributed by atoms with Gasteiger partial charge in [0.1, 0.15) is 17.2 Å². The van der Waals surface area contributed by atoms with Gasteiger partial charge in [0, 0.05) is 36.6 Å². The van der Waals surface area contributed by atoms with Gasteiger partial charge in [-0.2, -0.15) is 0 Å². The normalized spacial score (nSPS) is 17.4. The largest absolute Gasteiger partial charge is 0.461 e. The molecule has 4 rings (SSSR count). The van der Waals surface area contributed by atoms with E-state index in [4.69, 9.17) is 4.42 Å². The van der Waals surface area contributed by atoms with E-state index in [1.165, 1.54) is 23.1 Å². The molecule has 0 radical (unpaired) electrons. The fraction of sp³-hybridized carbons (Fsp3) is 0.381. The van der Waals surface area contributed by atoms with Crippen molar-refractivity contribution in [3.8, 4) is 0 Å².